The molecule has 2 rings (SSSR count). The molecule has 0 saturated heterocycles. The van der Waals surface area contributed by atoms with Gasteiger partial charge in [0.15, 0.2) is 0 Å². The van der Waals surface area contributed by atoms with Crippen molar-refractivity contribution in [1.29, 1.82) is 0 Å². The van der Waals surface area contributed by atoms with Gasteiger partial charge >= 0.3 is 5.97 Å². The molecule has 5 nitrogen and oxygen atoms in total. The summed E-state index contributed by atoms with van der Waals surface area (Å²) in [7, 11) is 0. The van der Waals surface area contributed by atoms with Crippen LogP contribution in [0.2, 0.25) is 5.02 Å². The van der Waals surface area contributed by atoms with Crippen LogP contribution in [0.1, 0.15) is 32.4 Å². The first kappa shape index (κ1) is 19.4. The summed E-state index contributed by atoms with van der Waals surface area (Å²) >= 11 is 7.57. The first-order chi connectivity index (χ1) is 12.0. The molecule has 0 saturated carbocycles. The van der Waals surface area contributed by atoms with Crippen LogP contribution in [0.3, 0.4) is 0 Å². The Morgan fingerprint density at radius 1 is 1.28 bits per heavy atom. The van der Waals surface area contributed by atoms with E-state index in [4.69, 9.17) is 11.6 Å². The van der Waals surface area contributed by atoms with Crippen molar-refractivity contribution in [2.24, 2.45) is 5.92 Å². The molecule has 1 aromatic carbocycles. The summed E-state index contributed by atoms with van der Waals surface area (Å²) in [5.74, 6) is -1.43. The zero-order valence-electron chi connectivity index (χ0n) is 14.2. The maximum Gasteiger partial charge on any atom is 0.326 e. The van der Waals surface area contributed by atoms with E-state index in [9.17, 15) is 14.7 Å². The second-order valence-electron chi connectivity index (χ2n) is 5.76. The summed E-state index contributed by atoms with van der Waals surface area (Å²) in [4.78, 5) is 28.1. The molecule has 1 heterocycles. The average Bonchev–Trinajstić information content (AvgIpc) is 3.03. The minimum Gasteiger partial charge on any atom is -0.480 e. The number of hydrogen-bond acceptors (Lipinski definition) is 4. The molecule has 0 spiro atoms. The number of carbonyl (C=O) groups excluding carboxylic acids is 1. The van der Waals surface area contributed by atoms with Crippen molar-refractivity contribution in [2.75, 3.05) is 0 Å². The summed E-state index contributed by atoms with van der Waals surface area (Å²) in [6.07, 6.45) is 1.44. The van der Waals surface area contributed by atoms with Crippen LogP contribution in [0, 0.1) is 5.92 Å². The third-order valence-corrected chi connectivity index (χ3v) is 5.35. The van der Waals surface area contributed by atoms with Crippen LogP contribution in [0.15, 0.2) is 29.6 Å². The summed E-state index contributed by atoms with van der Waals surface area (Å²) in [5, 5.41) is 15.1. The zero-order chi connectivity index (χ0) is 18.4. The Bertz CT molecular complexity index is 743. The lowest BCUT2D eigenvalue weighted by Gasteiger charge is -2.22. The monoisotopic (exact) mass is 380 g/mol. The maximum atomic E-state index is 12.2. The quantitative estimate of drug-likeness (QED) is 0.725. The number of halogens is 1. The lowest BCUT2D eigenvalue weighted by molar-refractivity contribution is -0.143. The minimum absolute atomic E-state index is 0.0465. The Kier molecular flexibility index (Phi) is 6.96. The Morgan fingerprint density at radius 3 is 2.56 bits per heavy atom. The first-order valence-corrected chi connectivity index (χ1v) is 9.43. The highest BCUT2D eigenvalue weighted by Gasteiger charge is 2.27. The smallest absolute Gasteiger partial charge is 0.326 e. The second-order valence-corrected chi connectivity index (χ2v) is 7.03. The highest BCUT2D eigenvalue weighted by Crippen LogP contribution is 2.30. The number of hydrogen-bond donors (Lipinski definition) is 2. The van der Waals surface area contributed by atoms with Gasteiger partial charge in [-0.3, -0.25) is 4.79 Å². The van der Waals surface area contributed by atoms with Crippen molar-refractivity contribution in [3.8, 4) is 10.6 Å². The molecule has 2 N–H and O–H groups in total. The van der Waals surface area contributed by atoms with E-state index in [-0.39, 0.29) is 18.2 Å². The molecule has 7 heteroatoms. The van der Waals surface area contributed by atoms with E-state index in [1.54, 1.807) is 11.4 Å². The van der Waals surface area contributed by atoms with E-state index in [1.165, 1.54) is 11.3 Å². The van der Waals surface area contributed by atoms with Gasteiger partial charge in [-0.2, -0.15) is 0 Å². The van der Waals surface area contributed by atoms with E-state index >= 15 is 0 Å². The molecule has 134 valence electrons. The van der Waals surface area contributed by atoms with Crippen LogP contribution in [-0.2, 0) is 16.0 Å². The lowest BCUT2D eigenvalue weighted by Crippen LogP contribution is -2.46. The molecule has 0 aliphatic rings. The normalized spacial score (nSPS) is 12.2. The van der Waals surface area contributed by atoms with Crippen molar-refractivity contribution in [3.63, 3.8) is 0 Å². The van der Waals surface area contributed by atoms with E-state index < -0.39 is 12.0 Å². The summed E-state index contributed by atoms with van der Waals surface area (Å²) in [6, 6.07) is 6.51. The largest absolute Gasteiger partial charge is 0.480 e. The molecule has 1 atom stereocenters. The molecule has 1 unspecified atom stereocenters. The van der Waals surface area contributed by atoms with Crippen molar-refractivity contribution in [2.45, 2.75) is 39.2 Å². The van der Waals surface area contributed by atoms with Crippen LogP contribution in [-0.4, -0.2) is 28.0 Å². The summed E-state index contributed by atoms with van der Waals surface area (Å²) in [6.45, 7) is 3.85. The Hall–Kier alpha value is -1.92. The van der Waals surface area contributed by atoms with E-state index in [0.29, 0.717) is 23.6 Å². The fourth-order valence-electron chi connectivity index (χ4n) is 2.68. The number of nitrogens with zero attached hydrogens (tertiary/aromatic N) is 1. The fraction of sp³-hybridized carbons (Fsp3) is 0.389. The van der Waals surface area contributed by atoms with Crippen LogP contribution < -0.4 is 5.32 Å². The predicted octanol–water partition coefficient (Wildman–Crippen LogP) is 4.01. The van der Waals surface area contributed by atoms with Crippen LogP contribution >= 0.6 is 22.9 Å². The van der Waals surface area contributed by atoms with Gasteiger partial charge < -0.3 is 10.4 Å². The summed E-state index contributed by atoms with van der Waals surface area (Å²) < 4.78 is 0. The standard InChI is InChI=1S/C18H21ClN2O3S/c1-3-11(4-2)16(18(23)24)21-15(22)9-12-10-25-17(20-12)13-7-5-6-8-14(13)19/h5-8,10-11,16H,3-4,9H2,1-2H3,(H,21,22)(H,23,24). The van der Waals surface area contributed by atoms with Crippen molar-refractivity contribution < 1.29 is 14.7 Å². The van der Waals surface area contributed by atoms with Crippen molar-refractivity contribution >= 4 is 34.8 Å². The van der Waals surface area contributed by atoms with Crippen LogP contribution in [0.25, 0.3) is 10.6 Å². The van der Waals surface area contributed by atoms with Crippen LogP contribution in [0.5, 0.6) is 0 Å². The second kappa shape index (κ2) is 8.97. The van der Waals surface area contributed by atoms with Gasteiger partial charge in [0.05, 0.1) is 17.1 Å². The minimum atomic E-state index is -1.00. The maximum absolute atomic E-state index is 12.2. The average molecular weight is 381 g/mol. The number of aromatic nitrogens is 1. The zero-order valence-corrected chi connectivity index (χ0v) is 15.7. The lowest BCUT2D eigenvalue weighted by atomic mass is 9.94. The SMILES string of the molecule is CCC(CC)C(NC(=O)Cc1csc(-c2ccccc2Cl)n1)C(=O)O. The van der Waals surface area contributed by atoms with Gasteiger partial charge in [-0.25, -0.2) is 9.78 Å². The number of aliphatic carboxylic acids is 1. The van der Waals surface area contributed by atoms with Crippen molar-refractivity contribution in [3.05, 3.63) is 40.4 Å². The number of carbonyl (C=O) groups is 2. The number of carboxylic acids is 1. The highest BCUT2D eigenvalue weighted by atomic mass is 35.5. The van der Waals surface area contributed by atoms with E-state index in [0.717, 1.165) is 10.6 Å². The van der Waals surface area contributed by atoms with Gasteiger partial charge in [0.25, 0.3) is 0 Å². The van der Waals surface area contributed by atoms with Crippen LogP contribution in [0.4, 0.5) is 0 Å². The number of benzene rings is 1. The molecule has 0 aliphatic heterocycles. The van der Waals surface area contributed by atoms with Gasteiger partial charge in [0.2, 0.25) is 5.91 Å². The molecule has 25 heavy (non-hydrogen) atoms. The van der Waals surface area contributed by atoms with Gasteiger partial charge in [-0.1, -0.05) is 56.5 Å². The first-order valence-electron chi connectivity index (χ1n) is 8.17. The number of nitrogens with one attached hydrogen (secondary N) is 1. The third-order valence-electron chi connectivity index (χ3n) is 4.10. The number of carboxylic acid groups (broad SMARTS) is 1. The number of rotatable bonds is 8. The molecule has 1 aromatic heterocycles. The van der Waals surface area contributed by atoms with Gasteiger partial charge in [-0.15, -0.1) is 11.3 Å². The molecule has 0 bridgehead atoms. The molecular formula is C18H21ClN2O3S. The molecule has 2 aromatic rings. The molecule has 0 aliphatic carbocycles. The molecular weight excluding hydrogens is 360 g/mol. The topological polar surface area (TPSA) is 79.3 Å². The fourth-order valence-corrected chi connectivity index (χ4v) is 3.82. The Labute approximate surface area is 156 Å². The van der Waals surface area contributed by atoms with Gasteiger partial charge in [-0.05, 0) is 12.0 Å². The summed E-state index contributed by atoms with van der Waals surface area (Å²) in [5.41, 5.74) is 1.42. The van der Waals surface area contributed by atoms with Crippen molar-refractivity contribution in [1.82, 2.24) is 10.3 Å². The van der Waals surface area contributed by atoms with Gasteiger partial charge in [0.1, 0.15) is 11.0 Å². The molecule has 0 radical (unpaired) electrons. The van der Waals surface area contributed by atoms with E-state index in [1.807, 2.05) is 32.0 Å². The highest BCUT2D eigenvalue weighted by molar-refractivity contribution is 7.13. The number of thiazole rings is 1. The van der Waals surface area contributed by atoms with Gasteiger partial charge in [0, 0.05) is 10.9 Å². The number of amides is 1. The Balaban J connectivity index is 2.06. The molecule has 0 fully saturated rings. The Morgan fingerprint density at radius 2 is 1.96 bits per heavy atom. The predicted molar refractivity (Wildman–Crippen MR) is 99.9 cm³/mol. The molecule has 1 amide bonds. The van der Waals surface area contributed by atoms with E-state index in [2.05, 4.69) is 10.3 Å². The third kappa shape index (κ3) is 5.03.